The largest absolute Gasteiger partial charge is 0.365 e. The highest BCUT2D eigenvalue weighted by Gasteiger charge is 2.21. The van der Waals surface area contributed by atoms with Gasteiger partial charge in [0.2, 0.25) is 0 Å². The fourth-order valence-corrected chi connectivity index (χ4v) is 3.30. The molecule has 2 aromatic carbocycles. The predicted molar refractivity (Wildman–Crippen MR) is 108 cm³/mol. The van der Waals surface area contributed by atoms with Crippen LogP contribution in [0.25, 0.3) is 0 Å². The van der Waals surface area contributed by atoms with Crippen molar-refractivity contribution >= 4 is 31.0 Å². The van der Waals surface area contributed by atoms with E-state index >= 15 is 0 Å². The van der Waals surface area contributed by atoms with Crippen molar-refractivity contribution in [1.82, 2.24) is 0 Å². The van der Waals surface area contributed by atoms with Crippen molar-refractivity contribution in [3.8, 4) is 0 Å². The normalized spacial score (nSPS) is 11.8. The van der Waals surface area contributed by atoms with Crippen LogP contribution in [0.2, 0.25) is 0 Å². The second-order valence-corrected chi connectivity index (χ2v) is 8.22. The van der Waals surface area contributed by atoms with Crippen molar-refractivity contribution in [2.75, 3.05) is 10.8 Å². The van der Waals surface area contributed by atoms with Crippen molar-refractivity contribution in [1.29, 1.82) is 0 Å². The van der Waals surface area contributed by atoms with Crippen LogP contribution in [-0.4, -0.2) is 16.4 Å². The topological polar surface area (TPSA) is 27.7 Å². The van der Waals surface area contributed by atoms with Gasteiger partial charge in [0.1, 0.15) is 6.35 Å². The Kier molecular flexibility index (Phi) is 8.63. The zero-order valence-electron chi connectivity index (χ0n) is 14.2. The number of hydrogen-bond donors (Lipinski definition) is 0. The zero-order chi connectivity index (χ0) is 17.3. The summed E-state index contributed by atoms with van der Waals surface area (Å²) in [6, 6.07) is 20.3. The molecular formula is C19H24IO3P. The Balaban J connectivity index is 1.89. The molecule has 0 aliphatic heterocycles. The Labute approximate surface area is 159 Å². The van der Waals surface area contributed by atoms with Gasteiger partial charge in [0, 0.05) is 4.43 Å². The Morgan fingerprint density at radius 1 is 0.833 bits per heavy atom. The third-order valence-electron chi connectivity index (χ3n) is 3.32. The summed E-state index contributed by atoms with van der Waals surface area (Å²) >= 11 is 2.34. The smallest absolute Gasteiger partial charge is 0.198 e. The van der Waals surface area contributed by atoms with Gasteiger partial charge < -0.3 is 13.8 Å². The standard InChI is InChI=1S/C19H24IO3P/c1-19(2,15-20)21-16-24(22-13-17-9-5-3-6-10-17)23-14-18-11-7-4-8-12-18/h3-12H,13-16H2,1-2H3. The Bertz CT molecular complexity index is 534. The minimum Gasteiger partial charge on any atom is -0.365 e. The fourth-order valence-electron chi connectivity index (χ4n) is 1.82. The third kappa shape index (κ3) is 7.58. The van der Waals surface area contributed by atoms with Gasteiger partial charge in [-0.15, -0.1) is 0 Å². The van der Waals surface area contributed by atoms with Crippen LogP contribution in [0.5, 0.6) is 0 Å². The molecule has 5 heteroatoms. The molecule has 3 nitrogen and oxygen atoms in total. The van der Waals surface area contributed by atoms with Crippen molar-refractivity contribution in [3.63, 3.8) is 0 Å². The molecule has 0 spiro atoms. The van der Waals surface area contributed by atoms with Gasteiger partial charge in [0.15, 0.2) is 8.38 Å². The minimum absolute atomic E-state index is 0.173. The first-order valence-electron chi connectivity index (χ1n) is 7.90. The lowest BCUT2D eigenvalue weighted by molar-refractivity contribution is 0.0228. The van der Waals surface area contributed by atoms with Crippen molar-refractivity contribution < 1.29 is 13.8 Å². The lowest BCUT2D eigenvalue weighted by Crippen LogP contribution is -2.26. The molecule has 0 aromatic heterocycles. The van der Waals surface area contributed by atoms with Crippen molar-refractivity contribution in [3.05, 3.63) is 71.8 Å². The van der Waals surface area contributed by atoms with E-state index in [4.69, 9.17) is 13.8 Å². The van der Waals surface area contributed by atoms with Crippen LogP contribution in [-0.2, 0) is 27.0 Å². The molecule has 0 N–H and O–H groups in total. The molecule has 0 aliphatic rings. The highest BCUT2D eigenvalue weighted by atomic mass is 127. The van der Waals surface area contributed by atoms with Crippen LogP contribution in [0, 0.1) is 0 Å². The molecule has 0 amide bonds. The summed E-state index contributed by atoms with van der Waals surface area (Å²) in [6.45, 7) is 5.24. The SMILES string of the molecule is CC(C)(CI)OCP(OCc1ccccc1)OCc1ccccc1. The molecule has 0 heterocycles. The van der Waals surface area contributed by atoms with E-state index in [-0.39, 0.29) is 5.60 Å². The number of hydrogen-bond acceptors (Lipinski definition) is 3. The number of benzene rings is 2. The van der Waals surface area contributed by atoms with Gasteiger partial charge in [0.05, 0.1) is 18.8 Å². The van der Waals surface area contributed by atoms with E-state index in [9.17, 15) is 0 Å². The molecule has 0 atom stereocenters. The highest BCUT2D eigenvalue weighted by molar-refractivity contribution is 14.1. The van der Waals surface area contributed by atoms with E-state index in [1.54, 1.807) is 0 Å². The van der Waals surface area contributed by atoms with Crippen molar-refractivity contribution in [2.45, 2.75) is 32.7 Å². The van der Waals surface area contributed by atoms with Gasteiger partial charge in [-0.1, -0.05) is 83.3 Å². The van der Waals surface area contributed by atoms with Crippen molar-refractivity contribution in [2.24, 2.45) is 0 Å². The lowest BCUT2D eigenvalue weighted by Gasteiger charge is -2.26. The lowest BCUT2D eigenvalue weighted by atomic mass is 10.2. The Hall–Kier alpha value is -0.520. The van der Waals surface area contributed by atoms with Gasteiger partial charge in [-0.3, -0.25) is 0 Å². The summed E-state index contributed by atoms with van der Waals surface area (Å²) in [6.07, 6.45) is 0.477. The van der Waals surface area contributed by atoms with Crippen LogP contribution < -0.4 is 0 Å². The van der Waals surface area contributed by atoms with Crippen LogP contribution in [0.4, 0.5) is 0 Å². The summed E-state index contributed by atoms with van der Waals surface area (Å²) in [5.74, 6) is 0. The molecule has 2 rings (SSSR count). The third-order valence-corrected chi connectivity index (χ3v) is 6.33. The molecule has 0 saturated carbocycles. The first-order chi connectivity index (χ1) is 11.6. The van der Waals surface area contributed by atoms with Crippen LogP contribution in [0.15, 0.2) is 60.7 Å². The highest BCUT2D eigenvalue weighted by Crippen LogP contribution is 2.41. The average molecular weight is 458 g/mol. The van der Waals surface area contributed by atoms with E-state index in [0.29, 0.717) is 19.6 Å². The van der Waals surface area contributed by atoms with Crippen LogP contribution >= 0.6 is 31.0 Å². The van der Waals surface area contributed by atoms with Gasteiger partial charge in [-0.2, -0.15) is 0 Å². The van der Waals surface area contributed by atoms with Crippen LogP contribution in [0.1, 0.15) is 25.0 Å². The van der Waals surface area contributed by atoms with Gasteiger partial charge in [0.25, 0.3) is 0 Å². The summed E-state index contributed by atoms with van der Waals surface area (Å²) in [5, 5.41) is 0. The predicted octanol–water partition coefficient (Wildman–Crippen LogP) is 5.92. The molecule has 0 aliphatic carbocycles. The maximum atomic E-state index is 6.00. The maximum Gasteiger partial charge on any atom is 0.198 e. The second kappa shape index (κ2) is 10.5. The van der Waals surface area contributed by atoms with E-state index in [0.717, 1.165) is 15.6 Å². The Morgan fingerprint density at radius 2 is 1.29 bits per heavy atom. The van der Waals surface area contributed by atoms with Gasteiger partial charge in [-0.25, -0.2) is 0 Å². The summed E-state index contributed by atoms with van der Waals surface area (Å²) < 4.78 is 18.9. The number of halogens is 1. The number of alkyl halides is 1. The number of rotatable bonds is 10. The summed E-state index contributed by atoms with van der Waals surface area (Å²) in [4.78, 5) is 0. The maximum absolute atomic E-state index is 6.00. The zero-order valence-corrected chi connectivity index (χ0v) is 17.2. The molecule has 0 radical (unpaired) electrons. The summed E-state index contributed by atoms with van der Waals surface area (Å²) in [7, 11) is -1.10. The van der Waals surface area contributed by atoms with E-state index in [2.05, 4.69) is 60.7 Å². The molecule has 2 aromatic rings. The van der Waals surface area contributed by atoms with E-state index < -0.39 is 8.38 Å². The van der Waals surface area contributed by atoms with E-state index in [1.165, 1.54) is 0 Å². The molecule has 130 valence electrons. The second-order valence-electron chi connectivity index (χ2n) is 6.02. The average Bonchev–Trinajstić information content (AvgIpc) is 2.63. The molecular weight excluding hydrogens is 434 g/mol. The number of ether oxygens (including phenoxy) is 1. The molecule has 0 bridgehead atoms. The van der Waals surface area contributed by atoms with Crippen LogP contribution in [0.3, 0.4) is 0 Å². The minimum atomic E-state index is -1.10. The molecule has 0 saturated heterocycles. The molecule has 0 unspecified atom stereocenters. The first kappa shape index (κ1) is 19.8. The fraction of sp³-hybridized carbons (Fsp3) is 0.368. The Morgan fingerprint density at radius 3 is 1.71 bits per heavy atom. The quantitative estimate of drug-likeness (QED) is 0.251. The van der Waals surface area contributed by atoms with E-state index in [1.807, 2.05) is 36.4 Å². The first-order valence-corrected chi connectivity index (χ1v) is 10.8. The summed E-state index contributed by atoms with van der Waals surface area (Å²) in [5.41, 5.74) is 2.11. The monoisotopic (exact) mass is 458 g/mol. The van der Waals surface area contributed by atoms with Gasteiger partial charge >= 0.3 is 0 Å². The molecule has 0 fully saturated rings. The molecule has 24 heavy (non-hydrogen) atoms. The van der Waals surface area contributed by atoms with Gasteiger partial charge in [-0.05, 0) is 25.0 Å².